The Kier molecular flexibility index (Phi) is 5.98. The number of piperidine rings is 1. The molecule has 8 heteroatoms. The van der Waals surface area contributed by atoms with Gasteiger partial charge in [0.1, 0.15) is 11.6 Å². The molecule has 0 aliphatic carbocycles. The SMILES string of the molecule is O=C(c1ccc(C(F)(F)F)cc1)N1CCC[C@@H](OCc2cc(F)ccc2F)C1. The van der Waals surface area contributed by atoms with Gasteiger partial charge in [-0.25, -0.2) is 8.78 Å². The van der Waals surface area contributed by atoms with Crippen molar-refractivity contribution >= 4 is 5.91 Å². The van der Waals surface area contributed by atoms with Crippen LogP contribution in [0.25, 0.3) is 0 Å². The van der Waals surface area contributed by atoms with Crippen molar-refractivity contribution in [3.05, 3.63) is 70.8 Å². The van der Waals surface area contributed by atoms with Crippen molar-refractivity contribution in [2.75, 3.05) is 13.1 Å². The Morgan fingerprint density at radius 2 is 1.82 bits per heavy atom. The largest absolute Gasteiger partial charge is 0.416 e. The van der Waals surface area contributed by atoms with Crippen LogP contribution in [0.5, 0.6) is 0 Å². The molecular formula is C20H18F5NO2. The summed E-state index contributed by atoms with van der Waals surface area (Å²) in [5, 5.41) is 0. The smallest absolute Gasteiger partial charge is 0.372 e. The Balaban J connectivity index is 1.61. The van der Waals surface area contributed by atoms with Crippen LogP contribution in [-0.4, -0.2) is 30.0 Å². The van der Waals surface area contributed by atoms with E-state index < -0.39 is 23.4 Å². The lowest BCUT2D eigenvalue weighted by atomic mass is 10.1. The lowest BCUT2D eigenvalue weighted by Gasteiger charge is -2.33. The van der Waals surface area contributed by atoms with E-state index >= 15 is 0 Å². The van der Waals surface area contributed by atoms with E-state index in [2.05, 4.69) is 0 Å². The van der Waals surface area contributed by atoms with Crippen molar-refractivity contribution in [3.8, 4) is 0 Å². The normalized spacial score (nSPS) is 17.6. The number of benzene rings is 2. The fourth-order valence-electron chi connectivity index (χ4n) is 3.10. The monoisotopic (exact) mass is 399 g/mol. The van der Waals surface area contributed by atoms with E-state index in [-0.39, 0.29) is 36.3 Å². The van der Waals surface area contributed by atoms with Crippen LogP contribution in [0.15, 0.2) is 42.5 Å². The first-order chi connectivity index (χ1) is 13.2. The standard InChI is InChI=1S/C20H18F5NO2/c21-16-7-8-18(22)14(10-16)12-28-17-2-1-9-26(11-17)19(27)13-3-5-15(6-4-13)20(23,24)25/h3-8,10,17H,1-2,9,11-12H2/t17-/m1/s1. The molecule has 3 rings (SSSR count). The van der Waals surface area contributed by atoms with Gasteiger partial charge >= 0.3 is 6.18 Å². The van der Waals surface area contributed by atoms with Crippen molar-refractivity contribution < 1.29 is 31.5 Å². The van der Waals surface area contributed by atoms with Crippen molar-refractivity contribution in [2.24, 2.45) is 0 Å². The van der Waals surface area contributed by atoms with Gasteiger partial charge in [-0.3, -0.25) is 4.79 Å². The predicted molar refractivity (Wildman–Crippen MR) is 91.5 cm³/mol. The molecule has 0 unspecified atom stereocenters. The number of nitrogens with zero attached hydrogens (tertiary/aromatic N) is 1. The molecule has 150 valence electrons. The maximum Gasteiger partial charge on any atom is 0.416 e. The number of rotatable bonds is 4. The Hall–Kier alpha value is -2.48. The van der Waals surface area contributed by atoms with Crippen LogP contribution in [-0.2, 0) is 17.5 Å². The Morgan fingerprint density at radius 1 is 1.11 bits per heavy atom. The summed E-state index contributed by atoms with van der Waals surface area (Å²) in [5.74, 6) is -1.53. The van der Waals surface area contributed by atoms with Crippen LogP contribution in [0.2, 0.25) is 0 Å². The molecule has 1 aliphatic rings. The molecule has 0 saturated carbocycles. The number of hydrogen-bond acceptors (Lipinski definition) is 2. The van der Waals surface area contributed by atoms with Crippen molar-refractivity contribution in [2.45, 2.75) is 31.7 Å². The highest BCUT2D eigenvalue weighted by atomic mass is 19.4. The molecule has 3 nitrogen and oxygen atoms in total. The number of alkyl halides is 3. The van der Waals surface area contributed by atoms with Gasteiger partial charge in [-0.2, -0.15) is 13.2 Å². The molecule has 28 heavy (non-hydrogen) atoms. The van der Waals surface area contributed by atoms with Gasteiger partial charge in [-0.15, -0.1) is 0 Å². The zero-order chi connectivity index (χ0) is 20.3. The molecule has 2 aromatic carbocycles. The van der Waals surface area contributed by atoms with Gasteiger partial charge in [0.05, 0.1) is 18.3 Å². The summed E-state index contributed by atoms with van der Waals surface area (Å²) in [5.41, 5.74) is -0.572. The molecule has 1 aliphatic heterocycles. The predicted octanol–water partition coefficient (Wildman–Crippen LogP) is 4.81. The molecule has 0 aromatic heterocycles. The van der Waals surface area contributed by atoms with Crippen LogP contribution >= 0.6 is 0 Å². The van der Waals surface area contributed by atoms with Crippen LogP contribution in [0.1, 0.15) is 34.3 Å². The van der Waals surface area contributed by atoms with Crippen molar-refractivity contribution in [1.82, 2.24) is 4.90 Å². The van der Waals surface area contributed by atoms with Crippen molar-refractivity contribution in [1.29, 1.82) is 0 Å². The molecule has 0 N–H and O–H groups in total. The molecule has 1 atom stereocenters. The van der Waals surface area contributed by atoms with E-state index in [0.717, 1.165) is 42.5 Å². The van der Waals surface area contributed by atoms with Crippen molar-refractivity contribution in [3.63, 3.8) is 0 Å². The number of ether oxygens (including phenoxy) is 1. The van der Waals surface area contributed by atoms with E-state index in [1.54, 1.807) is 0 Å². The second-order valence-corrected chi connectivity index (χ2v) is 6.64. The summed E-state index contributed by atoms with van der Waals surface area (Å²) in [4.78, 5) is 14.1. The highest BCUT2D eigenvalue weighted by molar-refractivity contribution is 5.94. The number of amides is 1. The average Bonchev–Trinajstić information content (AvgIpc) is 2.68. The summed E-state index contributed by atoms with van der Waals surface area (Å²) in [7, 11) is 0. The average molecular weight is 399 g/mol. The van der Waals surface area contributed by atoms with Gasteiger partial charge in [0.2, 0.25) is 0 Å². The lowest BCUT2D eigenvalue weighted by Crippen LogP contribution is -2.43. The van der Waals surface area contributed by atoms with Gasteiger partial charge in [-0.05, 0) is 55.3 Å². The minimum atomic E-state index is -4.46. The molecule has 0 spiro atoms. The minimum Gasteiger partial charge on any atom is -0.372 e. The second-order valence-electron chi connectivity index (χ2n) is 6.64. The lowest BCUT2D eigenvalue weighted by molar-refractivity contribution is -0.137. The summed E-state index contributed by atoms with van der Waals surface area (Å²) < 4.78 is 70.5. The molecule has 1 saturated heterocycles. The van der Waals surface area contributed by atoms with Gasteiger partial charge in [-0.1, -0.05) is 0 Å². The van der Waals surface area contributed by atoms with E-state index in [1.165, 1.54) is 4.90 Å². The molecule has 1 amide bonds. The quantitative estimate of drug-likeness (QED) is 0.691. The van der Waals surface area contributed by atoms with Gasteiger partial charge in [0.15, 0.2) is 0 Å². The number of carbonyl (C=O) groups excluding carboxylic acids is 1. The minimum absolute atomic E-state index is 0.0891. The fourth-order valence-corrected chi connectivity index (χ4v) is 3.10. The zero-order valence-electron chi connectivity index (χ0n) is 14.8. The van der Waals surface area contributed by atoms with Gasteiger partial charge < -0.3 is 9.64 Å². The zero-order valence-corrected chi connectivity index (χ0v) is 14.8. The van der Waals surface area contributed by atoms with E-state index in [4.69, 9.17) is 4.74 Å². The summed E-state index contributed by atoms with van der Waals surface area (Å²) in [6.45, 7) is 0.557. The number of carbonyl (C=O) groups is 1. The summed E-state index contributed by atoms with van der Waals surface area (Å²) in [6, 6.07) is 7.15. The third-order valence-corrected chi connectivity index (χ3v) is 4.61. The Labute approximate surface area is 158 Å². The van der Waals surface area contributed by atoms with Crippen LogP contribution < -0.4 is 0 Å². The molecular weight excluding hydrogens is 381 g/mol. The van der Waals surface area contributed by atoms with Gasteiger partial charge in [0.25, 0.3) is 5.91 Å². The van der Waals surface area contributed by atoms with Crippen LogP contribution in [0.3, 0.4) is 0 Å². The first-order valence-corrected chi connectivity index (χ1v) is 8.76. The molecule has 0 radical (unpaired) electrons. The highest BCUT2D eigenvalue weighted by Gasteiger charge is 2.31. The highest BCUT2D eigenvalue weighted by Crippen LogP contribution is 2.29. The first kappa shape index (κ1) is 20.3. The molecule has 1 fully saturated rings. The maximum absolute atomic E-state index is 13.7. The van der Waals surface area contributed by atoms with Crippen LogP contribution in [0, 0.1) is 11.6 Å². The number of likely N-dealkylation sites (tertiary alicyclic amines) is 1. The first-order valence-electron chi connectivity index (χ1n) is 8.76. The van der Waals surface area contributed by atoms with Crippen LogP contribution in [0.4, 0.5) is 22.0 Å². The van der Waals surface area contributed by atoms with E-state index in [9.17, 15) is 26.7 Å². The van der Waals surface area contributed by atoms with E-state index in [1.807, 2.05) is 0 Å². The summed E-state index contributed by atoms with van der Waals surface area (Å²) in [6.07, 6.45) is -3.54. The number of hydrogen-bond donors (Lipinski definition) is 0. The van der Waals surface area contributed by atoms with Gasteiger partial charge in [0, 0.05) is 24.2 Å². The summed E-state index contributed by atoms with van der Waals surface area (Å²) >= 11 is 0. The Bertz CT molecular complexity index is 835. The third kappa shape index (κ3) is 4.86. The third-order valence-electron chi connectivity index (χ3n) is 4.61. The molecule has 0 bridgehead atoms. The molecule has 2 aromatic rings. The number of halogens is 5. The fraction of sp³-hybridized carbons (Fsp3) is 0.350. The maximum atomic E-state index is 13.7. The topological polar surface area (TPSA) is 29.5 Å². The molecule has 1 heterocycles. The van der Waals surface area contributed by atoms with E-state index in [0.29, 0.717) is 19.4 Å². The Morgan fingerprint density at radius 3 is 2.50 bits per heavy atom. The second kappa shape index (κ2) is 8.26.